The first-order valence-corrected chi connectivity index (χ1v) is 7.79. The van der Waals surface area contributed by atoms with Crippen LogP contribution >= 0.6 is 35.7 Å². The number of nitrogens with one attached hydrogen (secondary N) is 1. The Hall–Kier alpha value is -0.430. The number of halogens is 1. The molecule has 1 rings (SSSR count). The maximum Gasteiger partial charge on any atom is 0.188 e. The van der Waals surface area contributed by atoms with Gasteiger partial charge in [-0.25, -0.2) is 0 Å². The third-order valence-corrected chi connectivity index (χ3v) is 3.70. The highest BCUT2D eigenvalue weighted by molar-refractivity contribution is 14.0. The van der Waals surface area contributed by atoms with E-state index < -0.39 is 0 Å². The highest BCUT2D eigenvalue weighted by atomic mass is 127. The molecule has 0 aliphatic rings. The molecule has 0 fully saturated rings. The summed E-state index contributed by atoms with van der Waals surface area (Å²) in [5.74, 6) is 2.22. The van der Waals surface area contributed by atoms with Crippen LogP contribution in [0.3, 0.4) is 0 Å². The molecule has 5 heteroatoms. The maximum absolute atomic E-state index is 5.79. The van der Waals surface area contributed by atoms with Crippen molar-refractivity contribution in [2.24, 2.45) is 16.6 Å². The van der Waals surface area contributed by atoms with E-state index in [1.165, 1.54) is 10.5 Å². The second kappa shape index (κ2) is 11.3. The van der Waals surface area contributed by atoms with E-state index in [2.05, 4.69) is 55.3 Å². The number of thioether (sulfide) groups is 1. The Bertz CT molecular complexity index is 391. The number of nitrogens with zero attached hydrogens (tertiary/aromatic N) is 1. The summed E-state index contributed by atoms with van der Waals surface area (Å²) in [6, 6.07) is 8.58. The predicted molar refractivity (Wildman–Crippen MR) is 101 cm³/mol. The third kappa shape index (κ3) is 9.47. The average Bonchev–Trinajstić information content (AvgIpc) is 2.36. The standard InChI is InChI=1S/C15H25N3S.HI/c1-12(2)8-9-17-15(16)18-10-11-19-14-6-4-13(3)5-7-14;/h4-7,12H,8-11H2,1-3H3,(H3,16,17,18);1H. The molecule has 3 nitrogen and oxygen atoms in total. The number of aryl methyl sites for hydroxylation is 1. The molecule has 1 aromatic rings. The zero-order chi connectivity index (χ0) is 14.1. The van der Waals surface area contributed by atoms with Gasteiger partial charge < -0.3 is 11.1 Å². The van der Waals surface area contributed by atoms with Crippen LogP contribution in [0.4, 0.5) is 0 Å². The summed E-state index contributed by atoms with van der Waals surface area (Å²) >= 11 is 1.83. The van der Waals surface area contributed by atoms with Crippen LogP contribution in [-0.4, -0.2) is 24.8 Å². The van der Waals surface area contributed by atoms with Gasteiger partial charge in [0.05, 0.1) is 0 Å². The Morgan fingerprint density at radius 3 is 2.55 bits per heavy atom. The van der Waals surface area contributed by atoms with Crippen LogP contribution in [0, 0.1) is 12.8 Å². The molecule has 0 aliphatic carbocycles. The number of hydrogen-bond donors (Lipinski definition) is 2. The molecular formula is C15H26IN3S. The van der Waals surface area contributed by atoms with E-state index in [0.717, 1.165) is 25.3 Å². The highest BCUT2D eigenvalue weighted by Crippen LogP contribution is 2.17. The summed E-state index contributed by atoms with van der Waals surface area (Å²) in [6.45, 7) is 8.14. The van der Waals surface area contributed by atoms with Crippen LogP contribution in [0.25, 0.3) is 0 Å². The Labute approximate surface area is 144 Å². The Morgan fingerprint density at radius 2 is 1.95 bits per heavy atom. The fraction of sp³-hybridized carbons (Fsp3) is 0.533. The lowest BCUT2D eigenvalue weighted by molar-refractivity contribution is 0.596. The van der Waals surface area contributed by atoms with Crippen molar-refractivity contribution in [2.45, 2.75) is 32.1 Å². The van der Waals surface area contributed by atoms with Gasteiger partial charge in [0.1, 0.15) is 0 Å². The Balaban J connectivity index is 0.00000361. The summed E-state index contributed by atoms with van der Waals surface area (Å²) in [5.41, 5.74) is 7.08. The molecule has 0 saturated heterocycles. The van der Waals surface area contributed by atoms with E-state index in [4.69, 9.17) is 5.73 Å². The van der Waals surface area contributed by atoms with Crippen molar-refractivity contribution in [1.29, 1.82) is 0 Å². The van der Waals surface area contributed by atoms with Crippen molar-refractivity contribution < 1.29 is 0 Å². The van der Waals surface area contributed by atoms with Crippen molar-refractivity contribution in [1.82, 2.24) is 5.32 Å². The molecule has 0 radical (unpaired) electrons. The van der Waals surface area contributed by atoms with Crippen molar-refractivity contribution in [3.63, 3.8) is 0 Å². The van der Waals surface area contributed by atoms with Gasteiger partial charge in [0.15, 0.2) is 5.96 Å². The molecule has 0 unspecified atom stereocenters. The lowest BCUT2D eigenvalue weighted by Gasteiger charge is -2.06. The number of rotatable bonds is 7. The largest absolute Gasteiger partial charge is 0.370 e. The topological polar surface area (TPSA) is 50.4 Å². The summed E-state index contributed by atoms with van der Waals surface area (Å²) in [4.78, 5) is 5.59. The minimum atomic E-state index is 0. The molecule has 20 heavy (non-hydrogen) atoms. The first-order valence-electron chi connectivity index (χ1n) is 6.81. The highest BCUT2D eigenvalue weighted by Gasteiger charge is 1.96. The van der Waals surface area contributed by atoms with Crippen LogP contribution in [-0.2, 0) is 0 Å². The normalized spacial score (nSPS) is 11.3. The van der Waals surface area contributed by atoms with Crippen molar-refractivity contribution in [3.8, 4) is 0 Å². The van der Waals surface area contributed by atoms with E-state index in [-0.39, 0.29) is 24.0 Å². The van der Waals surface area contributed by atoms with Crippen LogP contribution in [0.2, 0.25) is 0 Å². The van der Waals surface area contributed by atoms with Gasteiger partial charge in [0.2, 0.25) is 0 Å². The molecule has 0 saturated carbocycles. The summed E-state index contributed by atoms with van der Waals surface area (Å²) < 4.78 is 0. The van der Waals surface area contributed by atoms with Gasteiger partial charge >= 0.3 is 0 Å². The molecule has 0 atom stereocenters. The van der Waals surface area contributed by atoms with Crippen LogP contribution in [0.1, 0.15) is 25.8 Å². The monoisotopic (exact) mass is 407 g/mol. The molecule has 0 heterocycles. The molecular weight excluding hydrogens is 381 g/mol. The summed E-state index contributed by atoms with van der Waals surface area (Å²) in [6.07, 6.45) is 1.08. The second-order valence-corrected chi connectivity index (χ2v) is 6.21. The van der Waals surface area contributed by atoms with Gasteiger partial charge in [0.25, 0.3) is 0 Å². The first kappa shape index (κ1) is 19.6. The minimum Gasteiger partial charge on any atom is -0.370 e. The molecule has 0 aliphatic heterocycles. The Kier molecular flexibility index (Phi) is 11.0. The molecule has 0 bridgehead atoms. The zero-order valence-electron chi connectivity index (χ0n) is 12.6. The zero-order valence-corrected chi connectivity index (χ0v) is 15.7. The molecule has 1 aromatic carbocycles. The number of aliphatic imine (C=N–C) groups is 1. The van der Waals surface area contributed by atoms with Gasteiger partial charge in [-0.05, 0) is 31.4 Å². The average molecular weight is 407 g/mol. The molecule has 3 N–H and O–H groups in total. The molecule has 114 valence electrons. The van der Waals surface area contributed by atoms with E-state index >= 15 is 0 Å². The number of guanidine groups is 1. The smallest absolute Gasteiger partial charge is 0.188 e. The van der Waals surface area contributed by atoms with Gasteiger partial charge in [-0.15, -0.1) is 35.7 Å². The lowest BCUT2D eigenvalue weighted by Crippen LogP contribution is -2.33. The van der Waals surface area contributed by atoms with E-state index in [1.807, 2.05) is 11.8 Å². The Morgan fingerprint density at radius 1 is 1.30 bits per heavy atom. The maximum atomic E-state index is 5.79. The van der Waals surface area contributed by atoms with E-state index in [9.17, 15) is 0 Å². The van der Waals surface area contributed by atoms with E-state index in [1.54, 1.807) is 0 Å². The fourth-order valence-corrected chi connectivity index (χ4v) is 2.25. The number of nitrogens with two attached hydrogens (primary N) is 1. The molecule has 0 spiro atoms. The van der Waals surface area contributed by atoms with Crippen molar-refractivity contribution >= 4 is 41.7 Å². The fourth-order valence-electron chi connectivity index (χ4n) is 1.48. The molecule has 0 amide bonds. The van der Waals surface area contributed by atoms with E-state index in [0.29, 0.717) is 11.9 Å². The lowest BCUT2D eigenvalue weighted by atomic mass is 10.1. The first-order chi connectivity index (χ1) is 9.08. The van der Waals surface area contributed by atoms with Crippen LogP contribution < -0.4 is 11.1 Å². The molecule has 0 aromatic heterocycles. The summed E-state index contributed by atoms with van der Waals surface area (Å²) in [5, 5.41) is 3.14. The van der Waals surface area contributed by atoms with Crippen LogP contribution in [0.15, 0.2) is 34.2 Å². The third-order valence-electron chi connectivity index (χ3n) is 2.69. The van der Waals surface area contributed by atoms with Crippen molar-refractivity contribution in [2.75, 3.05) is 18.8 Å². The SMILES string of the molecule is Cc1ccc(SCCNC(N)=NCCC(C)C)cc1.I. The number of benzene rings is 1. The van der Waals surface area contributed by atoms with Gasteiger partial charge in [-0.1, -0.05) is 31.5 Å². The van der Waals surface area contributed by atoms with Gasteiger partial charge in [-0.3, -0.25) is 4.99 Å². The van der Waals surface area contributed by atoms with Gasteiger partial charge in [-0.2, -0.15) is 0 Å². The van der Waals surface area contributed by atoms with Gasteiger partial charge in [0, 0.05) is 23.7 Å². The minimum absolute atomic E-state index is 0. The second-order valence-electron chi connectivity index (χ2n) is 5.04. The predicted octanol–water partition coefficient (Wildman–Crippen LogP) is 3.66. The van der Waals surface area contributed by atoms with Crippen LogP contribution in [0.5, 0.6) is 0 Å². The van der Waals surface area contributed by atoms with Crippen molar-refractivity contribution in [3.05, 3.63) is 29.8 Å². The number of hydrogen-bond acceptors (Lipinski definition) is 2. The quantitative estimate of drug-likeness (QED) is 0.239. The summed E-state index contributed by atoms with van der Waals surface area (Å²) in [7, 11) is 0.